The second-order valence-electron chi connectivity index (χ2n) is 17.9. The van der Waals surface area contributed by atoms with Gasteiger partial charge in [-0.2, -0.15) is 0 Å². The topological polar surface area (TPSA) is 338 Å². The van der Waals surface area contributed by atoms with E-state index in [2.05, 4.69) is 5.32 Å². The van der Waals surface area contributed by atoms with Crippen LogP contribution in [0, 0.1) is 6.92 Å². The molecule has 0 radical (unpaired) electrons. The number of nitrogens with zero attached hydrogens (tertiary/aromatic N) is 1. The third-order valence-corrected chi connectivity index (χ3v) is 13.3. The Morgan fingerprint density at radius 1 is 0.761 bits per heavy atom. The van der Waals surface area contributed by atoms with Gasteiger partial charge in [0.05, 0.1) is 42.0 Å². The van der Waals surface area contributed by atoms with Crippen LogP contribution in [0.2, 0.25) is 0 Å². The highest BCUT2D eigenvalue weighted by Gasteiger charge is 2.54. The number of carboxylic acids is 1. The van der Waals surface area contributed by atoms with E-state index in [1.165, 1.54) is 54.0 Å². The molecule has 2 aliphatic heterocycles. The summed E-state index contributed by atoms with van der Waals surface area (Å²) in [4.78, 5) is 68.7. The molecule has 8 rings (SSSR count). The normalized spacial score (nSPS) is 28.1. The molecule has 13 atom stereocenters. The molecule has 10 N–H and O–H groups in total. The van der Waals surface area contributed by atoms with Gasteiger partial charge in [-0.05, 0) is 62.1 Å². The molecule has 2 saturated heterocycles. The van der Waals surface area contributed by atoms with Crippen molar-refractivity contribution in [2.75, 3.05) is 14.2 Å². The van der Waals surface area contributed by atoms with Gasteiger partial charge in [-0.15, -0.1) is 0 Å². The fourth-order valence-electron chi connectivity index (χ4n) is 9.58. The van der Waals surface area contributed by atoms with Crippen molar-refractivity contribution in [1.82, 2.24) is 10.2 Å². The summed E-state index contributed by atoms with van der Waals surface area (Å²) in [6, 6.07) is 10.5. The average Bonchev–Trinajstić information content (AvgIpc) is 3.33. The second-order valence-corrected chi connectivity index (χ2v) is 17.9. The highest BCUT2D eigenvalue weighted by molar-refractivity contribution is 6.31. The van der Waals surface area contributed by atoms with Crippen molar-refractivity contribution in [3.05, 3.63) is 105 Å². The Morgan fingerprint density at radius 2 is 1.38 bits per heavy atom. The van der Waals surface area contributed by atoms with Crippen molar-refractivity contribution >= 4 is 29.5 Å². The smallest absolute Gasteiger partial charge is 0.410 e. The molecular weight excluding hydrogens is 937 g/mol. The van der Waals surface area contributed by atoms with Crippen molar-refractivity contribution in [3.63, 3.8) is 0 Å². The van der Waals surface area contributed by atoms with Crippen LogP contribution in [-0.2, 0) is 35.1 Å². The fraction of sp³-hybridized carbons (Fsp3) is 0.408. The standard InChI is InChI=1S/C49H52N2O20/c1-17-12-26-31(38(57)28(17)45(62)50-18(2)46(63)64)30-24(15-25-32(39(30)58)36(55)23-13-22(66-6)14-27(52)29(23)35(25)54)37(56)43(26)70-48-42(61)44(71-47-41(60)40(59)34(53)20(4)69-47)33(19(3)68-48)51(5)49(65)67-16-21-10-8-7-9-11-21/h7-15,18-20,33-34,37,40-44,47-48,52-53,56-61H,16H2,1-6H3,(H,50,62)(H,63,64)/t18-,19-,20-,33+,34+,37+,40+,41-,42-,43+,44+,47+,48+/m1/s1. The molecule has 0 unspecified atom stereocenters. The zero-order chi connectivity index (χ0) is 51.7. The molecule has 22 nitrogen and oxygen atoms in total. The molecule has 4 aromatic carbocycles. The van der Waals surface area contributed by atoms with Crippen molar-refractivity contribution in [2.45, 2.75) is 114 Å². The maximum atomic E-state index is 14.2. The summed E-state index contributed by atoms with van der Waals surface area (Å²) in [6.07, 6.45) is -19.5. The minimum Gasteiger partial charge on any atom is -0.507 e. The highest BCUT2D eigenvalue weighted by atomic mass is 16.7. The van der Waals surface area contributed by atoms with E-state index in [0.29, 0.717) is 5.56 Å². The van der Waals surface area contributed by atoms with Crippen molar-refractivity contribution in [2.24, 2.45) is 0 Å². The van der Waals surface area contributed by atoms with E-state index < -0.39 is 160 Å². The SMILES string of the molecule is COc1cc(O)c2c(c1)C(=O)c1c(cc3c(c1O)-c1c(cc(C)c(C(=O)N[C@H](C)C(=O)O)c1O)[C@H](O[C@@H]1O[C@H](C)[C@H](N(C)C(=O)OCc4ccccc4)[C@H](O[C@@H]4O[C@H](C)[C@H](O)[C@H](O)[C@H]4O)[C@H]1O)[C@H]3O)C2=O. The van der Waals surface area contributed by atoms with E-state index in [4.69, 9.17) is 28.4 Å². The van der Waals surface area contributed by atoms with Crippen LogP contribution in [-0.4, -0.2) is 162 Å². The van der Waals surface area contributed by atoms with Crippen LogP contribution in [0.1, 0.15) is 97.4 Å². The molecule has 2 fully saturated rings. The number of aryl methyl sites for hydroxylation is 1. The van der Waals surface area contributed by atoms with Gasteiger partial charge < -0.3 is 84.6 Å². The number of carbonyl (C=O) groups excluding carboxylic acids is 4. The molecule has 71 heavy (non-hydrogen) atoms. The zero-order valence-corrected chi connectivity index (χ0v) is 38.9. The lowest BCUT2D eigenvalue weighted by Crippen LogP contribution is -2.67. The molecule has 2 aliphatic carbocycles. The molecule has 0 aromatic heterocycles. The summed E-state index contributed by atoms with van der Waals surface area (Å²) in [5.41, 5.74) is -3.20. The number of phenols is 3. The number of benzene rings is 4. The van der Waals surface area contributed by atoms with E-state index in [9.17, 15) is 69.9 Å². The number of aliphatic carboxylic acids is 1. The number of aliphatic hydroxyl groups excluding tert-OH is 5. The van der Waals surface area contributed by atoms with Gasteiger partial charge in [0.1, 0.15) is 78.4 Å². The minimum atomic E-state index is -2.02. The molecule has 0 saturated carbocycles. The van der Waals surface area contributed by atoms with Crippen molar-refractivity contribution in [1.29, 1.82) is 0 Å². The lowest BCUT2D eigenvalue weighted by Gasteiger charge is -2.49. The average molecular weight is 989 g/mol. The summed E-state index contributed by atoms with van der Waals surface area (Å²) < 4.78 is 35.3. The van der Waals surface area contributed by atoms with Crippen LogP contribution in [0.15, 0.2) is 54.6 Å². The predicted octanol–water partition coefficient (Wildman–Crippen LogP) is 1.83. The Bertz CT molecular complexity index is 2800. The van der Waals surface area contributed by atoms with Crippen molar-refractivity contribution in [3.8, 4) is 34.1 Å². The number of fused-ring (bicyclic) bond motifs is 5. The molecule has 22 heteroatoms. The molecule has 4 aromatic rings. The van der Waals surface area contributed by atoms with Gasteiger partial charge in [0, 0.05) is 35.4 Å². The lowest BCUT2D eigenvalue weighted by atomic mass is 9.74. The first-order valence-corrected chi connectivity index (χ1v) is 22.3. The van der Waals surface area contributed by atoms with E-state index in [-0.39, 0.29) is 34.6 Å². The Labute approximate surface area is 404 Å². The van der Waals surface area contributed by atoms with Crippen LogP contribution < -0.4 is 10.1 Å². The maximum Gasteiger partial charge on any atom is 0.410 e. The van der Waals surface area contributed by atoms with Gasteiger partial charge in [-0.3, -0.25) is 19.2 Å². The Kier molecular flexibility index (Phi) is 13.9. The van der Waals surface area contributed by atoms with Gasteiger partial charge in [-0.1, -0.05) is 36.4 Å². The number of likely N-dealkylation sites (N-methyl/N-ethyl adjacent to an activating group) is 1. The molecule has 378 valence electrons. The monoisotopic (exact) mass is 988 g/mol. The molecule has 0 spiro atoms. The van der Waals surface area contributed by atoms with E-state index in [1.54, 1.807) is 30.3 Å². The quantitative estimate of drug-likeness (QED) is 0.0902. The minimum absolute atomic E-state index is 0.00755. The van der Waals surface area contributed by atoms with Gasteiger partial charge in [0.15, 0.2) is 24.1 Å². The first-order chi connectivity index (χ1) is 33.6. The number of aromatic hydroxyl groups is 3. The Morgan fingerprint density at radius 3 is 2.04 bits per heavy atom. The van der Waals surface area contributed by atoms with Crippen LogP contribution in [0.4, 0.5) is 4.79 Å². The summed E-state index contributed by atoms with van der Waals surface area (Å²) in [6.45, 7) is 5.24. The first-order valence-electron chi connectivity index (χ1n) is 22.3. The molecule has 4 aliphatic rings. The summed E-state index contributed by atoms with van der Waals surface area (Å²) in [5, 5.41) is 104. The third kappa shape index (κ3) is 8.80. The van der Waals surface area contributed by atoms with Gasteiger partial charge >= 0.3 is 12.1 Å². The van der Waals surface area contributed by atoms with Crippen LogP contribution >= 0.6 is 0 Å². The number of phenolic OH excluding ortho intramolecular Hbond substituents is 3. The predicted molar refractivity (Wildman–Crippen MR) is 241 cm³/mol. The maximum absolute atomic E-state index is 14.2. The third-order valence-electron chi connectivity index (χ3n) is 13.3. The molecule has 2 heterocycles. The largest absolute Gasteiger partial charge is 0.507 e. The van der Waals surface area contributed by atoms with E-state index in [1.807, 2.05) is 0 Å². The van der Waals surface area contributed by atoms with E-state index >= 15 is 0 Å². The number of methoxy groups -OCH3 is 1. The van der Waals surface area contributed by atoms with Gasteiger partial charge in [0.25, 0.3) is 5.91 Å². The second kappa shape index (κ2) is 19.5. The number of amides is 2. The number of rotatable bonds is 11. The molecule has 2 amide bonds. The number of hydrogen-bond donors (Lipinski definition) is 10. The Hall–Kier alpha value is -6.73. The van der Waals surface area contributed by atoms with Crippen LogP contribution in [0.25, 0.3) is 11.1 Å². The Balaban J connectivity index is 1.23. The first kappa shape index (κ1) is 50.7. The fourth-order valence-corrected chi connectivity index (χ4v) is 9.58. The van der Waals surface area contributed by atoms with Crippen LogP contribution in [0.3, 0.4) is 0 Å². The number of hydrogen-bond acceptors (Lipinski definition) is 19. The van der Waals surface area contributed by atoms with E-state index in [0.717, 1.165) is 17.0 Å². The summed E-state index contributed by atoms with van der Waals surface area (Å²) >= 11 is 0. The van der Waals surface area contributed by atoms with Gasteiger partial charge in [0.2, 0.25) is 0 Å². The van der Waals surface area contributed by atoms with Crippen molar-refractivity contribution < 1.29 is 98.4 Å². The number of aliphatic hydroxyl groups is 5. The number of carbonyl (C=O) groups is 5. The number of ether oxygens (including phenoxy) is 6. The number of nitrogens with one attached hydrogen (secondary N) is 1. The highest BCUT2D eigenvalue weighted by Crippen LogP contribution is 2.57. The molecular formula is C49H52N2O20. The zero-order valence-electron chi connectivity index (χ0n) is 38.9. The molecule has 0 bridgehead atoms. The number of ketones is 2. The number of carboxylic acid groups (broad SMARTS) is 1. The van der Waals surface area contributed by atoms with Gasteiger partial charge in [-0.25, -0.2) is 4.79 Å². The lowest BCUT2D eigenvalue weighted by molar-refractivity contribution is -0.352. The summed E-state index contributed by atoms with van der Waals surface area (Å²) in [7, 11) is 2.58. The van der Waals surface area contributed by atoms with Crippen LogP contribution in [0.5, 0.6) is 23.0 Å². The summed E-state index contributed by atoms with van der Waals surface area (Å²) in [5.74, 6) is -6.92.